The molecule has 0 saturated heterocycles. The minimum atomic E-state index is -3.80. The standard InChI is InChI=1S/C26H35O2P.C23H26FN3O6S2.C20H21FIN3O6S2.C3H7BO2.2C2H4O2.Pd/c1-27-23-17-11-18-24(28-2)26(23)22-16-9-10-19-25(22)29(20-12-5-3-6-13-20)21-14-7-4-8-15-21;1-25-22(28)19-18-13-17(14-5-6-14)21(27(35(3,31)32)11-4-12-34(2,29)30)26-23(18)33-20(19)15-7-9-16(24)10-8-15;1-23-19(26)16-14-11-15(22)18(25(33(3,29)30)9-4-10-32(2,27)28)24-20(14)31-17(16)12-5-7-13(21)8-6-12;5-4(6)3-1-2-3;2*1-2(3)4;/h9-11,16-21H,3-8,12-15H2,1-2H3;7-10,13-14H,4-6,11-12H2,1-3H3,(H,25,28);5-8,11H,4,9-10H2,1-3H3,(H,23,26);3,5-6H,1-2H2;2*1H3,(H,3,4);. The van der Waals surface area contributed by atoms with E-state index in [0.29, 0.717) is 31.0 Å². The Hall–Kier alpha value is -7.19. The number of benzene rings is 4. The second kappa shape index (κ2) is 42.4. The monoisotopic (exact) mass is 1850 g/mol. The summed E-state index contributed by atoms with van der Waals surface area (Å²) >= 11 is 1.90. The summed E-state index contributed by atoms with van der Waals surface area (Å²) < 4.78 is 149. The molecule has 4 aliphatic carbocycles. The largest absolute Gasteiger partial charge is 0.496 e. The molecule has 4 saturated carbocycles. The summed E-state index contributed by atoms with van der Waals surface area (Å²) in [5.41, 5.74) is 6.25. The molecule has 4 heterocycles. The molecule has 614 valence electrons. The van der Waals surface area contributed by atoms with Crippen molar-refractivity contribution in [1.29, 1.82) is 0 Å². The molecule has 4 aliphatic rings. The van der Waals surface area contributed by atoms with Crippen molar-refractivity contribution in [1.82, 2.24) is 20.6 Å². The summed E-state index contributed by atoms with van der Waals surface area (Å²) in [4.78, 5) is 52.4. The van der Waals surface area contributed by atoms with Crippen molar-refractivity contribution in [3.05, 3.63) is 135 Å². The SMILES string of the molecule is CC(=O)O.CC(=O)O.CNC(=O)c1c(-c2ccc(F)cc2)oc2nc(N(CCCS(C)(=O)=O)S(C)(=O)=O)c(C3CC3)cc12.CNC(=O)c1c(-c2ccc(F)cc2)oc2nc(N(CCCS(C)(=O)=O)S(C)(=O)=O)c(I)cc12.COc1cccc(OC)c1-c1ccccc1P(C1CCCCC1)C1CCCCC1.OB(O)C1CC1.[Pd]. The maximum Gasteiger partial charge on any atom is 0.454 e. The zero-order valence-corrected chi connectivity index (χ0v) is 71.9. The number of nitrogens with one attached hydrogen (secondary N) is 2. The van der Waals surface area contributed by atoms with E-state index in [1.54, 1.807) is 31.7 Å². The Morgan fingerprint density at radius 2 is 0.973 bits per heavy atom. The van der Waals surface area contributed by atoms with Gasteiger partial charge in [0.15, 0.2) is 5.82 Å². The van der Waals surface area contributed by atoms with Crippen molar-refractivity contribution < 1.29 is 121 Å². The average molecular weight is 1860 g/mol. The minimum Gasteiger partial charge on any atom is -0.496 e. The Morgan fingerprint density at radius 3 is 1.33 bits per heavy atom. The molecule has 26 nitrogen and oxygen atoms in total. The molecular formula is C76H97BF2IN6O20PPdS4. The number of nitrogens with zero attached hydrogens (tertiary/aromatic N) is 4. The number of rotatable bonds is 24. The molecule has 4 aromatic carbocycles. The number of furan rings is 2. The zero-order valence-electron chi connectivity index (χ0n) is 64.0. The van der Waals surface area contributed by atoms with E-state index in [2.05, 4.69) is 57.0 Å². The third-order valence-electron chi connectivity index (χ3n) is 18.3. The Bertz CT molecular complexity index is 4970. The number of aliphatic carboxylic acids is 2. The van der Waals surface area contributed by atoms with Crippen LogP contribution in [-0.4, -0.2) is 184 Å². The molecule has 6 N–H and O–H groups in total. The fourth-order valence-electron chi connectivity index (χ4n) is 13.0. The first-order valence-electron chi connectivity index (χ1n) is 36.0. The van der Waals surface area contributed by atoms with E-state index in [-0.39, 0.29) is 123 Å². The molecule has 2 amide bonds. The fraction of sp³-hybridized carbons (Fsp3) is 0.447. The number of carboxylic acid groups (broad SMARTS) is 2. The predicted molar refractivity (Wildman–Crippen MR) is 438 cm³/mol. The summed E-state index contributed by atoms with van der Waals surface area (Å²) in [5, 5.41) is 38.8. The molecule has 4 aromatic heterocycles. The van der Waals surface area contributed by atoms with Gasteiger partial charge >= 0.3 is 7.12 Å². The quantitative estimate of drug-likeness (QED) is 0.0186. The van der Waals surface area contributed by atoms with E-state index in [9.17, 15) is 52.0 Å². The number of pyridine rings is 2. The van der Waals surface area contributed by atoms with Crippen LogP contribution in [0.1, 0.15) is 149 Å². The topological polar surface area (TPSA) is 387 Å². The number of sulfone groups is 2. The average Bonchev–Trinajstić information content (AvgIpc) is 1.62. The maximum absolute atomic E-state index is 13.5. The number of sulfonamides is 2. The number of methoxy groups -OCH3 is 2. The van der Waals surface area contributed by atoms with Crippen LogP contribution in [0.4, 0.5) is 20.4 Å². The summed E-state index contributed by atoms with van der Waals surface area (Å²) in [6, 6.07) is 29.5. The van der Waals surface area contributed by atoms with E-state index in [1.807, 2.05) is 28.7 Å². The van der Waals surface area contributed by atoms with Crippen LogP contribution in [0.5, 0.6) is 11.5 Å². The van der Waals surface area contributed by atoms with Gasteiger partial charge in [0.25, 0.3) is 23.8 Å². The van der Waals surface area contributed by atoms with Crippen LogP contribution in [-0.2, 0) is 69.7 Å². The molecule has 36 heteroatoms. The molecule has 112 heavy (non-hydrogen) atoms. The number of amides is 2. The van der Waals surface area contributed by atoms with Crippen molar-refractivity contribution in [2.45, 2.75) is 140 Å². The molecule has 0 aliphatic heterocycles. The van der Waals surface area contributed by atoms with Crippen LogP contribution >= 0.6 is 30.5 Å². The van der Waals surface area contributed by atoms with Crippen molar-refractivity contribution in [2.24, 2.45) is 0 Å². The second-order valence-electron chi connectivity index (χ2n) is 27.4. The summed E-state index contributed by atoms with van der Waals surface area (Å²) in [7, 11) is -8.90. The van der Waals surface area contributed by atoms with Gasteiger partial charge in [-0.1, -0.05) is 89.6 Å². The third-order valence-corrected chi connectivity index (χ3v) is 27.1. The van der Waals surface area contributed by atoms with Gasteiger partial charge < -0.3 is 49.2 Å². The molecule has 0 radical (unpaired) electrons. The summed E-state index contributed by atoms with van der Waals surface area (Å²) in [6.45, 7) is 1.99. The first-order valence-corrected chi connectivity index (χ1v) is 46.4. The third kappa shape index (κ3) is 27.2. The van der Waals surface area contributed by atoms with Gasteiger partial charge in [-0.15, -0.1) is 0 Å². The van der Waals surface area contributed by atoms with Crippen LogP contribution in [0, 0.1) is 15.2 Å². The smallest absolute Gasteiger partial charge is 0.454 e. The van der Waals surface area contributed by atoms with Gasteiger partial charge in [-0.2, -0.15) is 9.97 Å². The number of aromatic nitrogens is 2. The van der Waals surface area contributed by atoms with Gasteiger partial charge in [0.2, 0.25) is 31.5 Å². The van der Waals surface area contributed by atoms with E-state index >= 15 is 0 Å². The number of halogens is 3. The number of anilines is 2. The van der Waals surface area contributed by atoms with Gasteiger partial charge in [0, 0.05) is 85.1 Å². The maximum atomic E-state index is 13.5. The fourth-order valence-corrected chi connectivity index (χ4v) is 21.0. The number of carboxylic acids is 2. The molecule has 0 spiro atoms. The molecular weight excluding hydrogens is 1760 g/mol. The van der Waals surface area contributed by atoms with Gasteiger partial charge in [-0.05, 0) is 186 Å². The van der Waals surface area contributed by atoms with E-state index in [1.165, 1.54) is 132 Å². The van der Waals surface area contributed by atoms with Gasteiger partial charge in [0.05, 0.1) is 69.3 Å². The zero-order chi connectivity index (χ0) is 81.9. The van der Waals surface area contributed by atoms with Gasteiger partial charge in [-0.25, -0.2) is 42.5 Å². The van der Waals surface area contributed by atoms with Crippen LogP contribution < -0.4 is 34.0 Å². The molecule has 4 fully saturated rings. The first kappa shape index (κ1) is 93.7. The number of fused-ring (bicyclic) bond motifs is 2. The van der Waals surface area contributed by atoms with E-state index in [4.69, 9.17) is 48.2 Å². The minimum absolute atomic E-state index is 0. The number of carbonyl (C=O) groups excluding carboxylic acids is 2. The van der Waals surface area contributed by atoms with Crippen LogP contribution in [0.25, 0.3) is 56.0 Å². The number of hydrogen-bond acceptors (Lipinski definition) is 20. The van der Waals surface area contributed by atoms with Gasteiger partial charge in [0.1, 0.15) is 60.1 Å². The van der Waals surface area contributed by atoms with Crippen molar-refractivity contribution in [2.75, 3.05) is 86.5 Å². The van der Waals surface area contributed by atoms with Crippen LogP contribution in [0.15, 0.2) is 112 Å². The number of carbonyl (C=O) groups is 4. The number of hydrogen-bond donors (Lipinski definition) is 6. The molecule has 12 rings (SSSR count). The molecule has 0 bridgehead atoms. The van der Waals surface area contributed by atoms with Crippen molar-refractivity contribution in [3.63, 3.8) is 0 Å². The van der Waals surface area contributed by atoms with Crippen molar-refractivity contribution in [3.8, 4) is 45.3 Å². The summed E-state index contributed by atoms with van der Waals surface area (Å²) in [5.74, 6) is -1.12. The second-order valence-corrected chi connectivity index (χ2v) is 39.7. The number of ether oxygens (including phenoxy) is 2. The van der Waals surface area contributed by atoms with Crippen LogP contribution in [0.3, 0.4) is 0 Å². The molecule has 8 aromatic rings. The van der Waals surface area contributed by atoms with Crippen LogP contribution in [0.2, 0.25) is 5.82 Å². The van der Waals surface area contributed by atoms with E-state index < -0.39 is 82.2 Å². The van der Waals surface area contributed by atoms with E-state index in [0.717, 1.165) is 102 Å². The normalized spacial score (nSPS) is 14.5. The Labute approximate surface area is 682 Å². The Kier molecular flexibility index (Phi) is 35.5. The molecule has 0 atom stereocenters. The Balaban J connectivity index is 0.000000240. The summed E-state index contributed by atoms with van der Waals surface area (Å²) in [6.07, 6.45) is 22.2. The molecule has 0 unspecified atom stereocenters. The predicted octanol–water partition coefficient (Wildman–Crippen LogP) is 12.8. The Morgan fingerprint density at radius 1 is 0.580 bits per heavy atom. The first-order chi connectivity index (χ1) is 52.3. The van der Waals surface area contributed by atoms with Gasteiger partial charge in [-0.3, -0.25) is 27.8 Å². The van der Waals surface area contributed by atoms with Crippen molar-refractivity contribution >= 4 is 140 Å².